The molecule has 0 saturated heterocycles. The van der Waals surface area contributed by atoms with Crippen molar-refractivity contribution in [2.75, 3.05) is 11.9 Å². The first kappa shape index (κ1) is 21.4. The molecule has 0 radical (unpaired) electrons. The Morgan fingerprint density at radius 3 is 2.23 bits per heavy atom. The minimum absolute atomic E-state index is 0.189. The molecule has 3 N–H and O–H groups in total. The van der Waals surface area contributed by atoms with Gasteiger partial charge in [-0.2, -0.15) is 5.26 Å². The van der Waals surface area contributed by atoms with E-state index in [1.165, 1.54) is 12.1 Å². The molecule has 0 heterocycles. The second kappa shape index (κ2) is 10.5. The smallest absolute Gasteiger partial charge is 0.262 e. The van der Waals surface area contributed by atoms with E-state index in [0.717, 1.165) is 11.1 Å². The van der Waals surface area contributed by atoms with Gasteiger partial charge in [-0.15, -0.1) is 0 Å². The minimum Gasteiger partial charge on any atom is -0.489 e. The highest BCUT2D eigenvalue weighted by molar-refractivity contribution is 5.93. The number of carbonyl (C=O) groups is 2. The Labute approximate surface area is 180 Å². The van der Waals surface area contributed by atoms with Gasteiger partial charge < -0.3 is 20.5 Å². The van der Waals surface area contributed by atoms with Gasteiger partial charge in [0.05, 0.1) is 12.5 Å². The molecule has 3 rings (SSSR count). The van der Waals surface area contributed by atoms with Crippen LogP contribution in [0, 0.1) is 11.3 Å². The van der Waals surface area contributed by atoms with Crippen LogP contribution in [0.5, 0.6) is 11.5 Å². The van der Waals surface area contributed by atoms with Gasteiger partial charge in [0.15, 0.2) is 6.61 Å². The summed E-state index contributed by atoms with van der Waals surface area (Å²) in [5.41, 5.74) is 7.92. The maximum Gasteiger partial charge on any atom is 0.262 e. The van der Waals surface area contributed by atoms with Crippen molar-refractivity contribution in [2.24, 2.45) is 5.73 Å². The quantitative estimate of drug-likeness (QED) is 0.556. The van der Waals surface area contributed by atoms with Gasteiger partial charge in [-0.1, -0.05) is 30.3 Å². The SMILES string of the molecule is N#CCc1ccc(OCc2ccccc2NC(=O)COc2ccc(C(N)=O)cc2)cc1. The highest BCUT2D eigenvalue weighted by Crippen LogP contribution is 2.20. The molecule has 0 spiro atoms. The zero-order valence-corrected chi connectivity index (χ0v) is 16.7. The van der Waals surface area contributed by atoms with E-state index in [2.05, 4.69) is 11.4 Å². The number of carbonyl (C=O) groups excluding carboxylic acids is 2. The van der Waals surface area contributed by atoms with Gasteiger partial charge in [0.25, 0.3) is 5.91 Å². The van der Waals surface area contributed by atoms with Gasteiger partial charge in [0, 0.05) is 16.8 Å². The molecule has 0 bridgehead atoms. The van der Waals surface area contributed by atoms with Crippen molar-refractivity contribution in [3.8, 4) is 17.6 Å². The van der Waals surface area contributed by atoms with Crippen molar-refractivity contribution < 1.29 is 19.1 Å². The van der Waals surface area contributed by atoms with Crippen LogP contribution < -0.4 is 20.5 Å². The Bertz CT molecular complexity index is 1090. The molecular weight excluding hydrogens is 394 g/mol. The van der Waals surface area contributed by atoms with Crippen molar-refractivity contribution in [3.05, 3.63) is 89.5 Å². The molecule has 7 heteroatoms. The number of nitriles is 1. The van der Waals surface area contributed by atoms with Crippen molar-refractivity contribution in [2.45, 2.75) is 13.0 Å². The number of nitrogens with one attached hydrogen (secondary N) is 1. The molecule has 0 aliphatic carbocycles. The fraction of sp³-hybridized carbons (Fsp3) is 0.125. The third-order valence-electron chi connectivity index (χ3n) is 4.40. The fourth-order valence-corrected chi connectivity index (χ4v) is 2.77. The van der Waals surface area contributed by atoms with Crippen LogP contribution in [0.4, 0.5) is 5.69 Å². The summed E-state index contributed by atoms with van der Waals surface area (Å²) in [5, 5.41) is 11.6. The number of para-hydroxylation sites is 1. The first-order chi connectivity index (χ1) is 15.0. The standard InChI is InChI=1S/C24H21N3O4/c25-14-13-17-5-9-20(10-6-17)30-15-19-3-1-2-4-22(19)27-23(28)16-31-21-11-7-18(8-12-21)24(26)29/h1-12H,13,15-16H2,(H2,26,29)(H,27,28). The Balaban J connectivity index is 1.55. The van der Waals surface area contributed by atoms with Gasteiger partial charge in [-0.25, -0.2) is 0 Å². The average Bonchev–Trinajstić information content (AvgIpc) is 2.78. The molecule has 0 aliphatic heterocycles. The Hall–Kier alpha value is -4.31. The van der Waals surface area contributed by atoms with Crippen molar-refractivity contribution >= 4 is 17.5 Å². The lowest BCUT2D eigenvalue weighted by Crippen LogP contribution is -2.21. The summed E-state index contributed by atoms with van der Waals surface area (Å²) in [4.78, 5) is 23.4. The molecule has 0 saturated carbocycles. The molecule has 0 aromatic heterocycles. The van der Waals surface area contributed by atoms with E-state index in [9.17, 15) is 9.59 Å². The maximum absolute atomic E-state index is 12.3. The number of anilines is 1. The number of primary amides is 1. The normalized spacial score (nSPS) is 10.0. The Kier molecular flexibility index (Phi) is 7.22. The zero-order valence-electron chi connectivity index (χ0n) is 16.7. The summed E-state index contributed by atoms with van der Waals surface area (Å²) < 4.78 is 11.3. The molecule has 3 aromatic carbocycles. The average molecular weight is 415 g/mol. The predicted octanol–water partition coefficient (Wildman–Crippen LogP) is 3.45. The van der Waals surface area contributed by atoms with Crippen molar-refractivity contribution in [1.29, 1.82) is 5.26 Å². The summed E-state index contributed by atoms with van der Waals surface area (Å²) >= 11 is 0. The molecule has 7 nitrogen and oxygen atoms in total. The van der Waals surface area contributed by atoms with Gasteiger partial charge in [0.1, 0.15) is 18.1 Å². The molecule has 0 atom stereocenters. The number of amides is 2. The Morgan fingerprint density at radius 1 is 0.903 bits per heavy atom. The third-order valence-corrected chi connectivity index (χ3v) is 4.40. The number of benzene rings is 3. The number of ether oxygens (including phenoxy) is 2. The molecule has 0 fully saturated rings. The van der Waals surface area contributed by atoms with E-state index in [4.69, 9.17) is 20.5 Å². The van der Waals surface area contributed by atoms with Crippen LogP contribution >= 0.6 is 0 Å². The van der Waals surface area contributed by atoms with Gasteiger partial charge >= 0.3 is 0 Å². The summed E-state index contributed by atoms with van der Waals surface area (Å²) in [6, 6.07) is 23.0. The minimum atomic E-state index is -0.527. The highest BCUT2D eigenvalue weighted by atomic mass is 16.5. The second-order valence-electron chi connectivity index (χ2n) is 6.65. The lowest BCUT2D eigenvalue weighted by Gasteiger charge is -2.13. The van der Waals surface area contributed by atoms with E-state index in [0.29, 0.717) is 29.2 Å². The van der Waals surface area contributed by atoms with E-state index in [1.54, 1.807) is 18.2 Å². The largest absolute Gasteiger partial charge is 0.489 e. The number of nitrogens with two attached hydrogens (primary N) is 1. The molecule has 0 unspecified atom stereocenters. The van der Waals surface area contributed by atoms with E-state index >= 15 is 0 Å². The summed E-state index contributed by atoms with van der Waals surface area (Å²) in [5.74, 6) is 0.274. The van der Waals surface area contributed by atoms with E-state index < -0.39 is 5.91 Å². The molecule has 31 heavy (non-hydrogen) atoms. The van der Waals surface area contributed by atoms with Crippen LogP contribution in [0.1, 0.15) is 21.5 Å². The van der Waals surface area contributed by atoms with Gasteiger partial charge in [-0.3, -0.25) is 9.59 Å². The Morgan fingerprint density at radius 2 is 1.55 bits per heavy atom. The molecule has 2 amide bonds. The van der Waals surface area contributed by atoms with Gasteiger partial charge in [-0.05, 0) is 48.0 Å². The molecule has 3 aromatic rings. The zero-order chi connectivity index (χ0) is 22.1. The molecule has 156 valence electrons. The first-order valence-electron chi connectivity index (χ1n) is 9.54. The number of hydrogen-bond acceptors (Lipinski definition) is 5. The first-order valence-corrected chi connectivity index (χ1v) is 9.54. The number of rotatable bonds is 9. The van der Waals surface area contributed by atoms with Crippen LogP contribution in [0.25, 0.3) is 0 Å². The number of hydrogen-bond donors (Lipinski definition) is 2. The fourth-order valence-electron chi connectivity index (χ4n) is 2.77. The number of nitrogens with zero attached hydrogens (tertiary/aromatic N) is 1. The van der Waals surface area contributed by atoms with Crippen molar-refractivity contribution in [3.63, 3.8) is 0 Å². The summed E-state index contributed by atoms with van der Waals surface area (Å²) in [6.45, 7) is 0.0783. The lowest BCUT2D eigenvalue weighted by atomic mass is 10.1. The molecular formula is C24H21N3O4. The predicted molar refractivity (Wildman–Crippen MR) is 116 cm³/mol. The lowest BCUT2D eigenvalue weighted by molar-refractivity contribution is -0.118. The van der Waals surface area contributed by atoms with E-state index in [1.807, 2.05) is 42.5 Å². The van der Waals surface area contributed by atoms with Gasteiger partial charge in [0.2, 0.25) is 5.91 Å². The van der Waals surface area contributed by atoms with E-state index in [-0.39, 0.29) is 19.1 Å². The van der Waals surface area contributed by atoms with Crippen LogP contribution in [-0.2, 0) is 17.8 Å². The topological polar surface area (TPSA) is 114 Å². The maximum atomic E-state index is 12.3. The van der Waals surface area contributed by atoms with Crippen molar-refractivity contribution in [1.82, 2.24) is 0 Å². The third kappa shape index (κ3) is 6.34. The van der Waals surface area contributed by atoms with Crippen LogP contribution in [0.3, 0.4) is 0 Å². The highest BCUT2D eigenvalue weighted by Gasteiger charge is 2.09. The summed E-state index contributed by atoms with van der Waals surface area (Å²) in [7, 11) is 0. The monoisotopic (exact) mass is 415 g/mol. The van der Waals surface area contributed by atoms with Crippen LogP contribution in [0.2, 0.25) is 0 Å². The molecule has 0 aliphatic rings. The second-order valence-corrected chi connectivity index (χ2v) is 6.65. The summed E-state index contributed by atoms with van der Waals surface area (Å²) in [6.07, 6.45) is 0.354. The van der Waals surface area contributed by atoms with Crippen LogP contribution in [-0.4, -0.2) is 18.4 Å². The van der Waals surface area contributed by atoms with Crippen LogP contribution in [0.15, 0.2) is 72.8 Å².